The highest BCUT2D eigenvalue weighted by Gasteiger charge is 2.14. The van der Waals surface area contributed by atoms with Crippen LogP contribution >= 0.6 is 0 Å². The number of nitrogen functional groups attached to an aromatic ring is 1. The van der Waals surface area contributed by atoms with Crippen molar-refractivity contribution in [2.45, 2.75) is 20.4 Å². The number of nitrogens with two attached hydrogens (primary N) is 1. The van der Waals surface area contributed by atoms with Gasteiger partial charge in [-0.05, 0) is 37.6 Å². The Kier molecular flexibility index (Phi) is 3.98. The van der Waals surface area contributed by atoms with Gasteiger partial charge in [0, 0.05) is 31.7 Å². The molecular weight excluding hydrogens is 250 g/mol. The molecule has 0 spiro atoms. The minimum atomic E-state index is 0.0478. The number of anilines is 1. The second-order valence-corrected chi connectivity index (χ2v) is 4.87. The van der Waals surface area contributed by atoms with Crippen molar-refractivity contribution in [1.29, 1.82) is 5.41 Å². The fourth-order valence-electron chi connectivity index (χ4n) is 2.29. The molecule has 2 aromatic rings. The highest BCUT2D eigenvalue weighted by Crippen LogP contribution is 2.24. The van der Waals surface area contributed by atoms with Crippen LogP contribution in [0, 0.1) is 19.3 Å². The van der Waals surface area contributed by atoms with Crippen LogP contribution in [0.3, 0.4) is 0 Å². The summed E-state index contributed by atoms with van der Waals surface area (Å²) in [5.41, 5.74) is 10.2. The summed E-state index contributed by atoms with van der Waals surface area (Å²) >= 11 is 0. The second kappa shape index (κ2) is 5.69. The molecule has 0 bridgehead atoms. The van der Waals surface area contributed by atoms with Gasteiger partial charge in [0.2, 0.25) is 0 Å². The van der Waals surface area contributed by atoms with Crippen LogP contribution in [0.2, 0.25) is 0 Å². The number of nitrogens with zero attached hydrogens (tertiary/aromatic N) is 3. The third-order valence-corrected chi connectivity index (χ3v) is 3.16. The van der Waals surface area contributed by atoms with E-state index in [1.807, 2.05) is 39.1 Å². The van der Waals surface area contributed by atoms with Crippen molar-refractivity contribution >= 4 is 11.5 Å². The number of pyridine rings is 2. The number of rotatable bonds is 4. The fraction of sp³-hybridized carbons (Fsp3) is 0.267. The summed E-state index contributed by atoms with van der Waals surface area (Å²) in [4.78, 5) is 10.5. The van der Waals surface area contributed by atoms with Gasteiger partial charge in [-0.25, -0.2) is 0 Å². The fourth-order valence-corrected chi connectivity index (χ4v) is 2.29. The first-order valence-corrected chi connectivity index (χ1v) is 6.41. The Hall–Kier alpha value is -2.43. The maximum absolute atomic E-state index is 7.76. The van der Waals surface area contributed by atoms with E-state index in [-0.39, 0.29) is 5.84 Å². The lowest BCUT2D eigenvalue weighted by molar-refractivity contribution is 0.908. The molecule has 0 saturated heterocycles. The van der Waals surface area contributed by atoms with Gasteiger partial charge in [-0.3, -0.25) is 15.4 Å². The molecule has 0 aromatic carbocycles. The van der Waals surface area contributed by atoms with E-state index >= 15 is 0 Å². The van der Waals surface area contributed by atoms with E-state index < -0.39 is 0 Å². The molecule has 0 fully saturated rings. The van der Waals surface area contributed by atoms with E-state index in [1.165, 1.54) is 0 Å². The quantitative estimate of drug-likeness (QED) is 0.657. The van der Waals surface area contributed by atoms with Gasteiger partial charge in [-0.15, -0.1) is 0 Å². The van der Waals surface area contributed by atoms with Gasteiger partial charge in [-0.1, -0.05) is 0 Å². The summed E-state index contributed by atoms with van der Waals surface area (Å²) in [6.45, 7) is 4.56. The third kappa shape index (κ3) is 2.93. The average molecular weight is 269 g/mol. The molecule has 0 saturated carbocycles. The van der Waals surface area contributed by atoms with E-state index in [4.69, 9.17) is 11.1 Å². The maximum atomic E-state index is 7.76. The molecule has 0 amide bonds. The van der Waals surface area contributed by atoms with Crippen LogP contribution < -0.4 is 10.6 Å². The molecule has 2 rings (SSSR count). The molecule has 2 aromatic heterocycles. The van der Waals surface area contributed by atoms with E-state index in [1.54, 1.807) is 12.4 Å². The van der Waals surface area contributed by atoms with Gasteiger partial charge < -0.3 is 10.6 Å². The van der Waals surface area contributed by atoms with Crippen molar-refractivity contribution in [2.24, 2.45) is 5.73 Å². The summed E-state index contributed by atoms with van der Waals surface area (Å²) in [5.74, 6) is 0.0478. The summed E-state index contributed by atoms with van der Waals surface area (Å²) in [6, 6.07) is 5.92. The molecule has 0 aliphatic heterocycles. The molecule has 0 aliphatic rings. The van der Waals surface area contributed by atoms with E-state index in [9.17, 15) is 0 Å². The molecule has 0 aliphatic carbocycles. The van der Waals surface area contributed by atoms with Gasteiger partial charge >= 0.3 is 0 Å². The summed E-state index contributed by atoms with van der Waals surface area (Å²) in [6.07, 6.45) is 3.55. The predicted octanol–water partition coefficient (Wildman–Crippen LogP) is 2.01. The van der Waals surface area contributed by atoms with Crippen LogP contribution in [-0.4, -0.2) is 22.9 Å². The summed E-state index contributed by atoms with van der Waals surface area (Å²) < 4.78 is 0. The van der Waals surface area contributed by atoms with Gasteiger partial charge in [0.05, 0.1) is 16.9 Å². The maximum Gasteiger partial charge on any atom is 0.126 e. The van der Waals surface area contributed by atoms with Crippen LogP contribution in [0.5, 0.6) is 0 Å². The molecule has 0 radical (unpaired) electrons. The SMILES string of the molecule is Cc1cc(N(C)Cc2ccncc2)c(C(=N)N)c(C)n1. The van der Waals surface area contributed by atoms with E-state index in [0.717, 1.165) is 29.2 Å². The van der Waals surface area contributed by atoms with Gasteiger partial charge in [0.15, 0.2) is 0 Å². The second-order valence-electron chi connectivity index (χ2n) is 4.87. The Morgan fingerprint density at radius 1 is 1.30 bits per heavy atom. The molecule has 3 N–H and O–H groups in total. The van der Waals surface area contributed by atoms with Crippen molar-refractivity contribution < 1.29 is 0 Å². The standard InChI is InChI=1S/C15H19N5/c1-10-8-13(14(15(16)17)11(2)19-10)20(3)9-12-4-6-18-7-5-12/h4-8H,9H2,1-3H3,(H3,16,17). The lowest BCUT2D eigenvalue weighted by Crippen LogP contribution is -2.24. The van der Waals surface area contributed by atoms with Crippen molar-refractivity contribution in [2.75, 3.05) is 11.9 Å². The summed E-state index contributed by atoms with van der Waals surface area (Å²) in [7, 11) is 1.99. The molecule has 20 heavy (non-hydrogen) atoms. The van der Waals surface area contributed by atoms with E-state index in [0.29, 0.717) is 5.56 Å². The molecule has 0 unspecified atom stereocenters. The molecule has 0 atom stereocenters. The summed E-state index contributed by atoms with van der Waals surface area (Å²) in [5, 5.41) is 7.76. The lowest BCUT2D eigenvalue weighted by atomic mass is 10.1. The Morgan fingerprint density at radius 2 is 1.95 bits per heavy atom. The highest BCUT2D eigenvalue weighted by atomic mass is 15.1. The zero-order valence-electron chi connectivity index (χ0n) is 12.0. The number of amidine groups is 1. The Balaban J connectivity index is 2.38. The number of aryl methyl sites for hydroxylation is 2. The minimum Gasteiger partial charge on any atom is -0.384 e. The number of hydrogen-bond donors (Lipinski definition) is 2. The third-order valence-electron chi connectivity index (χ3n) is 3.16. The van der Waals surface area contributed by atoms with Crippen LogP contribution in [-0.2, 0) is 6.54 Å². The molecular formula is C15H19N5. The first kappa shape index (κ1) is 14.0. The first-order valence-electron chi connectivity index (χ1n) is 6.41. The van der Waals surface area contributed by atoms with Crippen LogP contribution in [0.4, 0.5) is 5.69 Å². The van der Waals surface area contributed by atoms with Crippen LogP contribution in [0.1, 0.15) is 22.5 Å². The van der Waals surface area contributed by atoms with Gasteiger partial charge in [0.1, 0.15) is 5.84 Å². The van der Waals surface area contributed by atoms with Crippen molar-refractivity contribution in [1.82, 2.24) is 9.97 Å². The lowest BCUT2D eigenvalue weighted by Gasteiger charge is -2.23. The topological polar surface area (TPSA) is 78.9 Å². The minimum absolute atomic E-state index is 0.0478. The Labute approximate surface area is 119 Å². The monoisotopic (exact) mass is 269 g/mol. The van der Waals surface area contributed by atoms with E-state index in [2.05, 4.69) is 14.9 Å². The molecule has 5 heteroatoms. The Bertz CT molecular complexity index is 622. The van der Waals surface area contributed by atoms with Crippen molar-refractivity contribution in [3.8, 4) is 0 Å². The molecule has 2 heterocycles. The van der Waals surface area contributed by atoms with Crippen molar-refractivity contribution in [3.63, 3.8) is 0 Å². The van der Waals surface area contributed by atoms with Crippen LogP contribution in [0.25, 0.3) is 0 Å². The number of nitrogens with one attached hydrogen (secondary N) is 1. The number of aromatic nitrogens is 2. The van der Waals surface area contributed by atoms with Crippen molar-refractivity contribution in [3.05, 3.63) is 53.1 Å². The number of hydrogen-bond acceptors (Lipinski definition) is 4. The first-order chi connectivity index (χ1) is 9.49. The van der Waals surface area contributed by atoms with Gasteiger partial charge in [-0.2, -0.15) is 0 Å². The predicted molar refractivity (Wildman–Crippen MR) is 81.1 cm³/mol. The normalized spacial score (nSPS) is 10.3. The zero-order valence-corrected chi connectivity index (χ0v) is 12.0. The Morgan fingerprint density at radius 3 is 2.55 bits per heavy atom. The van der Waals surface area contributed by atoms with Gasteiger partial charge in [0.25, 0.3) is 0 Å². The zero-order chi connectivity index (χ0) is 14.7. The largest absolute Gasteiger partial charge is 0.384 e. The average Bonchev–Trinajstić information content (AvgIpc) is 2.38. The highest BCUT2D eigenvalue weighted by molar-refractivity contribution is 6.01. The van der Waals surface area contributed by atoms with Crippen LogP contribution in [0.15, 0.2) is 30.6 Å². The molecule has 104 valence electrons. The smallest absolute Gasteiger partial charge is 0.126 e. The molecule has 5 nitrogen and oxygen atoms in total.